The maximum absolute atomic E-state index is 5.76. The minimum absolute atomic E-state index is 0.629. The minimum Gasteiger partial charge on any atom is -0.399 e. The van der Waals surface area contributed by atoms with Crippen molar-refractivity contribution in [3.05, 3.63) is 41.5 Å². The van der Waals surface area contributed by atoms with Gasteiger partial charge < -0.3 is 10.3 Å². The number of aryl methyl sites for hydroxylation is 2. The molecule has 0 aliphatic heterocycles. The first-order valence-electron chi connectivity index (χ1n) is 6.95. The molecule has 2 rings (SSSR count). The largest absolute Gasteiger partial charge is 0.399 e. The number of nitrogens with two attached hydrogens (primary N) is 1. The van der Waals surface area contributed by atoms with E-state index in [0.29, 0.717) is 11.1 Å². The summed E-state index contributed by atoms with van der Waals surface area (Å²) in [6, 6.07) is 7.90. The molecule has 0 bridgehead atoms. The topological polar surface area (TPSA) is 64.9 Å². The minimum atomic E-state index is 0.629. The maximum Gasteiger partial charge on any atom is 0.227 e. The van der Waals surface area contributed by atoms with Gasteiger partial charge in [-0.15, -0.1) is 0 Å². The summed E-state index contributed by atoms with van der Waals surface area (Å²) in [4.78, 5) is 4.42. The molecular weight excluding hydrogens is 270 g/mol. The molecule has 0 radical (unpaired) electrons. The van der Waals surface area contributed by atoms with Gasteiger partial charge in [0.1, 0.15) is 0 Å². The van der Waals surface area contributed by atoms with Crippen LogP contribution in [0.3, 0.4) is 0 Å². The number of hydrogen-bond acceptors (Lipinski definition) is 5. The van der Waals surface area contributed by atoms with E-state index in [1.807, 2.05) is 30.0 Å². The SMILES string of the molecule is CCC(C)SCc1noc(CCc2cccc(N)c2)n1. The van der Waals surface area contributed by atoms with E-state index in [1.165, 1.54) is 5.56 Å². The van der Waals surface area contributed by atoms with Gasteiger partial charge in [-0.05, 0) is 30.5 Å². The molecule has 0 spiro atoms. The Bertz CT molecular complexity index is 541. The van der Waals surface area contributed by atoms with E-state index in [9.17, 15) is 0 Å². The summed E-state index contributed by atoms with van der Waals surface area (Å²) in [5, 5.41) is 4.65. The molecule has 2 aromatic rings. The Balaban J connectivity index is 1.83. The van der Waals surface area contributed by atoms with E-state index >= 15 is 0 Å². The average molecular weight is 291 g/mol. The van der Waals surface area contributed by atoms with Gasteiger partial charge in [0.15, 0.2) is 5.82 Å². The van der Waals surface area contributed by atoms with Crippen LogP contribution < -0.4 is 5.73 Å². The Hall–Kier alpha value is -1.49. The summed E-state index contributed by atoms with van der Waals surface area (Å²) >= 11 is 1.86. The van der Waals surface area contributed by atoms with Crippen molar-refractivity contribution >= 4 is 17.4 Å². The molecule has 4 nitrogen and oxygen atoms in total. The first-order chi connectivity index (χ1) is 9.67. The monoisotopic (exact) mass is 291 g/mol. The Labute approximate surface area is 124 Å². The first kappa shape index (κ1) is 14.9. The molecule has 1 aromatic heterocycles. The fourth-order valence-electron chi connectivity index (χ4n) is 1.78. The van der Waals surface area contributed by atoms with Crippen LogP contribution in [0, 0.1) is 0 Å². The van der Waals surface area contributed by atoms with E-state index in [-0.39, 0.29) is 0 Å². The molecule has 2 N–H and O–H groups in total. The van der Waals surface area contributed by atoms with E-state index in [2.05, 4.69) is 30.1 Å². The number of nitrogen functional groups attached to an aromatic ring is 1. The quantitative estimate of drug-likeness (QED) is 0.791. The van der Waals surface area contributed by atoms with Crippen LogP contribution in [0.4, 0.5) is 5.69 Å². The third kappa shape index (κ3) is 4.56. The summed E-state index contributed by atoms with van der Waals surface area (Å²) in [5.74, 6) is 2.31. The molecule has 1 heterocycles. The molecule has 5 heteroatoms. The lowest BCUT2D eigenvalue weighted by Gasteiger charge is -2.04. The van der Waals surface area contributed by atoms with Gasteiger partial charge in [-0.3, -0.25) is 0 Å². The fourth-order valence-corrected chi connectivity index (χ4v) is 2.57. The maximum atomic E-state index is 5.76. The second-order valence-electron chi connectivity index (χ2n) is 4.88. The zero-order valence-corrected chi connectivity index (χ0v) is 12.8. The third-order valence-corrected chi connectivity index (χ3v) is 4.49. The van der Waals surface area contributed by atoms with Gasteiger partial charge in [0.25, 0.3) is 0 Å². The molecule has 108 valence electrons. The predicted octanol–water partition coefficient (Wildman–Crippen LogP) is 3.47. The lowest BCUT2D eigenvalue weighted by Crippen LogP contribution is -1.96. The van der Waals surface area contributed by atoms with E-state index < -0.39 is 0 Å². The highest BCUT2D eigenvalue weighted by atomic mass is 32.2. The molecule has 20 heavy (non-hydrogen) atoms. The molecule has 0 saturated carbocycles. The van der Waals surface area contributed by atoms with Crippen LogP contribution in [0.5, 0.6) is 0 Å². The molecular formula is C15H21N3OS. The van der Waals surface area contributed by atoms with Crippen molar-refractivity contribution in [3.63, 3.8) is 0 Å². The summed E-state index contributed by atoms with van der Waals surface area (Å²) in [6.45, 7) is 4.40. The number of aromatic nitrogens is 2. The molecule has 0 fully saturated rings. The van der Waals surface area contributed by atoms with Gasteiger partial charge in [0, 0.05) is 17.4 Å². The highest BCUT2D eigenvalue weighted by Crippen LogP contribution is 2.18. The van der Waals surface area contributed by atoms with Crippen molar-refractivity contribution in [3.8, 4) is 0 Å². The van der Waals surface area contributed by atoms with Crippen molar-refractivity contribution < 1.29 is 4.52 Å². The van der Waals surface area contributed by atoms with Crippen LogP contribution >= 0.6 is 11.8 Å². The van der Waals surface area contributed by atoms with Crippen LogP contribution in [0.25, 0.3) is 0 Å². The molecule has 0 saturated heterocycles. The number of rotatable bonds is 7. The van der Waals surface area contributed by atoms with Crippen LogP contribution in [-0.4, -0.2) is 15.4 Å². The number of benzene rings is 1. The highest BCUT2D eigenvalue weighted by Gasteiger charge is 2.08. The average Bonchev–Trinajstić information content (AvgIpc) is 2.90. The zero-order valence-electron chi connectivity index (χ0n) is 12.0. The van der Waals surface area contributed by atoms with Crippen LogP contribution in [0.15, 0.2) is 28.8 Å². The van der Waals surface area contributed by atoms with Gasteiger partial charge in [-0.1, -0.05) is 31.1 Å². The van der Waals surface area contributed by atoms with Crippen LogP contribution in [0.1, 0.15) is 37.5 Å². The standard InChI is InChI=1S/C15H21N3OS/c1-3-11(2)20-10-14-17-15(19-18-14)8-7-12-5-4-6-13(16)9-12/h4-6,9,11H,3,7-8,10,16H2,1-2H3. The third-order valence-electron chi connectivity index (χ3n) is 3.16. The van der Waals surface area contributed by atoms with Crippen molar-refractivity contribution in [1.82, 2.24) is 10.1 Å². The Kier molecular flexibility index (Phi) is 5.47. The molecule has 1 atom stereocenters. The Morgan fingerprint density at radius 3 is 2.95 bits per heavy atom. The Morgan fingerprint density at radius 1 is 1.35 bits per heavy atom. The van der Waals surface area contributed by atoms with Gasteiger partial charge >= 0.3 is 0 Å². The van der Waals surface area contributed by atoms with Gasteiger partial charge in [-0.2, -0.15) is 16.7 Å². The highest BCUT2D eigenvalue weighted by molar-refractivity contribution is 7.99. The Morgan fingerprint density at radius 2 is 2.20 bits per heavy atom. The number of anilines is 1. The molecule has 0 aliphatic carbocycles. The van der Waals surface area contributed by atoms with Crippen LogP contribution in [0.2, 0.25) is 0 Å². The number of hydrogen-bond donors (Lipinski definition) is 1. The van der Waals surface area contributed by atoms with E-state index in [1.54, 1.807) is 0 Å². The first-order valence-corrected chi connectivity index (χ1v) is 7.99. The van der Waals surface area contributed by atoms with Gasteiger partial charge in [0.2, 0.25) is 5.89 Å². The second kappa shape index (κ2) is 7.33. The molecule has 1 aromatic carbocycles. The fraction of sp³-hybridized carbons (Fsp3) is 0.467. The molecule has 0 aliphatic rings. The van der Waals surface area contributed by atoms with Crippen molar-refractivity contribution in [1.29, 1.82) is 0 Å². The van der Waals surface area contributed by atoms with Crippen molar-refractivity contribution in [2.24, 2.45) is 0 Å². The van der Waals surface area contributed by atoms with Gasteiger partial charge in [0.05, 0.1) is 5.75 Å². The summed E-state index contributed by atoms with van der Waals surface area (Å²) in [5.41, 5.74) is 7.74. The lowest BCUT2D eigenvalue weighted by molar-refractivity contribution is 0.374. The van der Waals surface area contributed by atoms with E-state index in [0.717, 1.165) is 36.5 Å². The molecule has 0 amide bonds. The van der Waals surface area contributed by atoms with Crippen molar-refractivity contribution in [2.45, 2.75) is 44.1 Å². The molecule has 1 unspecified atom stereocenters. The normalized spacial score (nSPS) is 12.5. The summed E-state index contributed by atoms with van der Waals surface area (Å²) in [6.07, 6.45) is 2.78. The summed E-state index contributed by atoms with van der Waals surface area (Å²) in [7, 11) is 0. The second-order valence-corrected chi connectivity index (χ2v) is 6.31. The van der Waals surface area contributed by atoms with Crippen molar-refractivity contribution in [2.75, 3.05) is 5.73 Å². The smallest absolute Gasteiger partial charge is 0.227 e. The number of nitrogens with zero attached hydrogens (tertiary/aromatic N) is 2. The predicted molar refractivity (Wildman–Crippen MR) is 83.6 cm³/mol. The zero-order chi connectivity index (χ0) is 14.4. The number of thioether (sulfide) groups is 1. The van der Waals surface area contributed by atoms with Crippen LogP contribution in [-0.2, 0) is 18.6 Å². The van der Waals surface area contributed by atoms with Gasteiger partial charge in [-0.25, -0.2) is 0 Å². The summed E-state index contributed by atoms with van der Waals surface area (Å²) < 4.78 is 5.28. The van der Waals surface area contributed by atoms with E-state index in [4.69, 9.17) is 10.3 Å². The lowest BCUT2D eigenvalue weighted by atomic mass is 10.1.